The van der Waals surface area contributed by atoms with E-state index in [2.05, 4.69) is 40.8 Å². The van der Waals surface area contributed by atoms with Crippen molar-refractivity contribution in [2.45, 2.75) is 39.2 Å². The highest BCUT2D eigenvalue weighted by molar-refractivity contribution is 9.10. The molecule has 0 fully saturated rings. The minimum Gasteiger partial charge on any atom is -0.327 e. The van der Waals surface area contributed by atoms with Crippen LogP contribution in [0, 0.1) is 5.92 Å². The lowest BCUT2D eigenvalue weighted by Gasteiger charge is -2.14. The second-order valence-electron chi connectivity index (χ2n) is 4.31. The van der Waals surface area contributed by atoms with Gasteiger partial charge in [-0.25, -0.2) is 0 Å². The molecule has 1 unspecified atom stereocenters. The van der Waals surface area contributed by atoms with E-state index in [1.807, 2.05) is 12.4 Å². The quantitative estimate of drug-likeness (QED) is 0.893. The molecule has 1 rings (SSSR count). The molecule has 1 aromatic rings. The summed E-state index contributed by atoms with van der Waals surface area (Å²) in [5, 5.41) is 0. The Balaban J connectivity index is 2.32. The van der Waals surface area contributed by atoms with Crippen molar-refractivity contribution in [1.29, 1.82) is 0 Å². The first-order valence-corrected chi connectivity index (χ1v) is 6.24. The van der Waals surface area contributed by atoms with Crippen LogP contribution < -0.4 is 5.73 Å². The largest absolute Gasteiger partial charge is 0.327 e. The summed E-state index contributed by atoms with van der Waals surface area (Å²) in [6.07, 6.45) is 7.02. The van der Waals surface area contributed by atoms with E-state index >= 15 is 0 Å². The monoisotopic (exact) mass is 270 g/mol. The standard InChI is InChI=1S/C12H19BrN2/c1-9(2)12(14)5-3-4-10-6-11(13)8-15-7-10/h6-9,12H,3-5,14H2,1-2H3. The molecule has 0 aliphatic carbocycles. The molecular formula is C12H19BrN2. The van der Waals surface area contributed by atoms with Crippen molar-refractivity contribution in [3.8, 4) is 0 Å². The lowest BCUT2D eigenvalue weighted by Crippen LogP contribution is -2.26. The normalized spacial score (nSPS) is 13.1. The first kappa shape index (κ1) is 12.7. The van der Waals surface area contributed by atoms with E-state index < -0.39 is 0 Å². The van der Waals surface area contributed by atoms with Gasteiger partial charge in [0.1, 0.15) is 0 Å². The molecule has 0 saturated heterocycles. The van der Waals surface area contributed by atoms with Crippen molar-refractivity contribution in [2.75, 3.05) is 0 Å². The number of nitrogens with two attached hydrogens (primary N) is 1. The van der Waals surface area contributed by atoms with Crippen molar-refractivity contribution in [3.63, 3.8) is 0 Å². The maximum Gasteiger partial charge on any atom is 0.0410 e. The van der Waals surface area contributed by atoms with Crippen molar-refractivity contribution in [3.05, 3.63) is 28.5 Å². The van der Waals surface area contributed by atoms with E-state index in [1.54, 1.807) is 0 Å². The highest BCUT2D eigenvalue weighted by Gasteiger charge is 2.06. The third-order valence-electron chi connectivity index (χ3n) is 2.62. The molecule has 2 N–H and O–H groups in total. The lowest BCUT2D eigenvalue weighted by molar-refractivity contribution is 0.452. The van der Waals surface area contributed by atoms with Crippen molar-refractivity contribution >= 4 is 15.9 Å². The van der Waals surface area contributed by atoms with Gasteiger partial charge in [-0.2, -0.15) is 0 Å². The molecule has 0 saturated carbocycles. The van der Waals surface area contributed by atoms with Gasteiger partial charge in [0.25, 0.3) is 0 Å². The van der Waals surface area contributed by atoms with Crippen LogP contribution in [0.5, 0.6) is 0 Å². The zero-order valence-electron chi connectivity index (χ0n) is 9.41. The predicted molar refractivity (Wildman–Crippen MR) is 67.7 cm³/mol. The van der Waals surface area contributed by atoms with Crippen LogP contribution in [-0.4, -0.2) is 11.0 Å². The number of hydrogen-bond acceptors (Lipinski definition) is 2. The summed E-state index contributed by atoms with van der Waals surface area (Å²) in [5.41, 5.74) is 7.26. The highest BCUT2D eigenvalue weighted by Crippen LogP contribution is 2.13. The van der Waals surface area contributed by atoms with Crippen molar-refractivity contribution in [1.82, 2.24) is 4.98 Å². The van der Waals surface area contributed by atoms with Crippen LogP contribution in [0.3, 0.4) is 0 Å². The topological polar surface area (TPSA) is 38.9 Å². The van der Waals surface area contributed by atoms with Gasteiger partial charge in [0.05, 0.1) is 0 Å². The molecular weight excluding hydrogens is 252 g/mol. The van der Waals surface area contributed by atoms with Crippen molar-refractivity contribution < 1.29 is 0 Å². The molecule has 1 heterocycles. The van der Waals surface area contributed by atoms with E-state index in [0.717, 1.165) is 23.7 Å². The van der Waals surface area contributed by atoms with E-state index in [-0.39, 0.29) is 0 Å². The molecule has 0 bridgehead atoms. The Bertz CT molecular complexity index is 299. The summed E-state index contributed by atoms with van der Waals surface area (Å²) < 4.78 is 1.05. The molecule has 1 atom stereocenters. The lowest BCUT2D eigenvalue weighted by atomic mass is 9.98. The summed E-state index contributed by atoms with van der Waals surface area (Å²) in [6, 6.07) is 2.44. The minimum atomic E-state index is 0.324. The third kappa shape index (κ3) is 4.76. The molecule has 0 amide bonds. The zero-order valence-corrected chi connectivity index (χ0v) is 11.0. The number of aryl methyl sites for hydroxylation is 1. The number of halogens is 1. The predicted octanol–water partition coefficient (Wildman–Crippen LogP) is 3.15. The average Bonchev–Trinajstić information content (AvgIpc) is 2.17. The molecule has 0 radical (unpaired) electrons. The summed E-state index contributed by atoms with van der Waals surface area (Å²) in [4.78, 5) is 4.14. The smallest absolute Gasteiger partial charge is 0.0410 e. The molecule has 2 nitrogen and oxygen atoms in total. The summed E-state index contributed by atoms with van der Waals surface area (Å²) >= 11 is 3.42. The fourth-order valence-corrected chi connectivity index (χ4v) is 1.88. The SMILES string of the molecule is CC(C)C(N)CCCc1cncc(Br)c1. The fourth-order valence-electron chi connectivity index (χ4n) is 1.47. The van der Waals surface area contributed by atoms with Crippen LogP contribution >= 0.6 is 15.9 Å². The number of hydrogen-bond donors (Lipinski definition) is 1. The van der Waals surface area contributed by atoms with Crippen LogP contribution in [0.2, 0.25) is 0 Å². The van der Waals surface area contributed by atoms with E-state index in [4.69, 9.17) is 5.73 Å². The number of pyridine rings is 1. The number of rotatable bonds is 5. The molecule has 84 valence electrons. The number of nitrogens with zero attached hydrogens (tertiary/aromatic N) is 1. The molecule has 1 aromatic heterocycles. The molecule has 0 spiro atoms. The maximum absolute atomic E-state index is 5.99. The minimum absolute atomic E-state index is 0.324. The van der Waals surface area contributed by atoms with Crippen LogP contribution in [0.25, 0.3) is 0 Å². The molecule has 15 heavy (non-hydrogen) atoms. The molecule has 0 aromatic carbocycles. The molecule has 0 aliphatic rings. The van der Waals surface area contributed by atoms with Crippen LogP contribution in [0.4, 0.5) is 0 Å². The van der Waals surface area contributed by atoms with E-state index in [0.29, 0.717) is 12.0 Å². The average molecular weight is 271 g/mol. The highest BCUT2D eigenvalue weighted by atomic mass is 79.9. The fraction of sp³-hybridized carbons (Fsp3) is 0.583. The zero-order chi connectivity index (χ0) is 11.3. The maximum atomic E-state index is 5.99. The second-order valence-corrected chi connectivity index (χ2v) is 5.23. The van der Waals surface area contributed by atoms with Gasteiger partial charge in [-0.3, -0.25) is 4.98 Å². The van der Waals surface area contributed by atoms with Gasteiger partial charge < -0.3 is 5.73 Å². The summed E-state index contributed by atoms with van der Waals surface area (Å²) in [6.45, 7) is 4.34. The van der Waals surface area contributed by atoms with Gasteiger partial charge >= 0.3 is 0 Å². The Morgan fingerprint density at radius 1 is 1.40 bits per heavy atom. The first-order valence-electron chi connectivity index (χ1n) is 5.44. The van der Waals surface area contributed by atoms with Crippen LogP contribution in [0.15, 0.2) is 22.9 Å². The van der Waals surface area contributed by atoms with Gasteiger partial charge in [0.15, 0.2) is 0 Å². The molecule has 0 aliphatic heterocycles. The van der Waals surface area contributed by atoms with Gasteiger partial charge in [-0.15, -0.1) is 0 Å². The Morgan fingerprint density at radius 2 is 2.13 bits per heavy atom. The third-order valence-corrected chi connectivity index (χ3v) is 3.05. The number of aromatic nitrogens is 1. The van der Waals surface area contributed by atoms with Gasteiger partial charge in [-0.05, 0) is 52.7 Å². The van der Waals surface area contributed by atoms with Gasteiger partial charge in [0.2, 0.25) is 0 Å². The van der Waals surface area contributed by atoms with Crippen molar-refractivity contribution in [2.24, 2.45) is 11.7 Å². The Hall–Kier alpha value is -0.410. The molecule has 3 heteroatoms. The van der Waals surface area contributed by atoms with Crippen LogP contribution in [-0.2, 0) is 6.42 Å². The first-order chi connectivity index (χ1) is 7.09. The van der Waals surface area contributed by atoms with Gasteiger partial charge in [-0.1, -0.05) is 13.8 Å². The Labute approximate surface area is 100 Å². The van der Waals surface area contributed by atoms with Crippen LogP contribution in [0.1, 0.15) is 32.3 Å². The van der Waals surface area contributed by atoms with Gasteiger partial charge in [0, 0.05) is 22.9 Å². The Morgan fingerprint density at radius 3 is 2.73 bits per heavy atom. The van der Waals surface area contributed by atoms with E-state index in [9.17, 15) is 0 Å². The second kappa shape index (κ2) is 6.23. The Kier molecular flexibility index (Phi) is 5.26. The summed E-state index contributed by atoms with van der Waals surface area (Å²) in [5.74, 6) is 0.575. The summed E-state index contributed by atoms with van der Waals surface area (Å²) in [7, 11) is 0. The van der Waals surface area contributed by atoms with E-state index in [1.165, 1.54) is 5.56 Å².